The number of urea groups is 1. The fourth-order valence-corrected chi connectivity index (χ4v) is 4.70. The van der Waals surface area contributed by atoms with Crippen molar-refractivity contribution in [3.05, 3.63) is 65.4 Å². The van der Waals surface area contributed by atoms with Gasteiger partial charge in [0.05, 0.1) is 12.0 Å². The second-order valence-corrected chi connectivity index (χ2v) is 9.38. The lowest BCUT2D eigenvalue weighted by atomic mass is 9.81. The monoisotopic (exact) mass is 504 g/mol. The number of nitrogens with zero attached hydrogens (tertiary/aromatic N) is 6. The number of hydrogen-bond acceptors (Lipinski definition) is 7. The van der Waals surface area contributed by atoms with E-state index in [0.717, 1.165) is 21.7 Å². The molecule has 3 atom stereocenters. The van der Waals surface area contributed by atoms with Crippen molar-refractivity contribution in [2.24, 2.45) is 13.0 Å². The molecular weight excluding hydrogens is 472 g/mol. The second kappa shape index (κ2) is 10.4. The van der Waals surface area contributed by atoms with E-state index in [4.69, 9.17) is 5.73 Å². The molecular formula is C26H32N8O3. The predicted octanol–water partition coefficient (Wildman–Crippen LogP) is 2.30. The largest absolute Gasteiger partial charge is 0.384 e. The maximum absolute atomic E-state index is 13.7. The minimum atomic E-state index is -1.00. The minimum absolute atomic E-state index is 0.250. The molecule has 1 aliphatic heterocycles. The average Bonchev–Trinajstić information content (AvgIpc) is 3.28. The van der Waals surface area contributed by atoms with Crippen molar-refractivity contribution in [1.82, 2.24) is 29.7 Å². The summed E-state index contributed by atoms with van der Waals surface area (Å²) in [6.07, 6.45) is 5.84. The van der Waals surface area contributed by atoms with Gasteiger partial charge in [0.15, 0.2) is 0 Å². The number of rotatable bonds is 7. The predicted molar refractivity (Wildman–Crippen MR) is 138 cm³/mol. The molecule has 1 fully saturated rings. The van der Waals surface area contributed by atoms with Crippen LogP contribution in [0.25, 0.3) is 0 Å². The number of imidazole rings is 1. The SMILES string of the molecule is CC[C@@H](NC(=O)N1C(=O)[C@H](Cc2cc(C)nc(N)c2)[C@H]1C(=O)N(C)c1nccn1C)c1ccc(C)nc1. The highest BCUT2D eigenvalue weighted by molar-refractivity contribution is 6.12. The standard InChI is InChI=1S/C26H32N8O3/c1-6-20(18-8-7-15(2)29-14-18)31-26(37)34-22(24(36)33(5)25-28-9-10-32(25)4)19(23(34)35)12-17-11-16(3)30-21(27)13-17/h7-11,13-14,19-20,22H,6,12H2,1-5H3,(H2,27,30)(H,31,37)/t19-,20-,22+/m1/s1. The summed E-state index contributed by atoms with van der Waals surface area (Å²) in [5.41, 5.74) is 9.07. The maximum atomic E-state index is 13.7. The Morgan fingerprint density at radius 2 is 1.95 bits per heavy atom. The van der Waals surface area contributed by atoms with Crippen LogP contribution < -0.4 is 16.0 Å². The van der Waals surface area contributed by atoms with E-state index in [1.807, 2.05) is 39.0 Å². The van der Waals surface area contributed by atoms with E-state index in [1.165, 1.54) is 4.90 Å². The Morgan fingerprint density at radius 1 is 1.19 bits per heavy atom. The molecule has 11 nitrogen and oxygen atoms in total. The molecule has 194 valence electrons. The summed E-state index contributed by atoms with van der Waals surface area (Å²) in [6.45, 7) is 5.62. The number of imide groups is 1. The van der Waals surface area contributed by atoms with Gasteiger partial charge in [-0.05, 0) is 56.0 Å². The van der Waals surface area contributed by atoms with E-state index in [-0.39, 0.29) is 12.5 Å². The highest BCUT2D eigenvalue weighted by atomic mass is 16.2. The first-order chi connectivity index (χ1) is 17.6. The molecule has 0 aliphatic carbocycles. The molecule has 3 aromatic heterocycles. The molecule has 0 aromatic carbocycles. The van der Waals surface area contributed by atoms with Crippen molar-refractivity contribution in [3.8, 4) is 0 Å². The molecule has 4 rings (SSSR count). The molecule has 0 radical (unpaired) electrons. The summed E-state index contributed by atoms with van der Waals surface area (Å²) in [5.74, 6) is -0.818. The summed E-state index contributed by atoms with van der Waals surface area (Å²) in [6, 6.07) is 5.29. The van der Waals surface area contributed by atoms with Gasteiger partial charge in [-0.1, -0.05) is 13.0 Å². The molecule has 3 aromatic rings. The van der Waals surface area contributed by atoms with E-state index < -0.39 is 29.8 Å². The molecule has 0 unspecified atom stereocenters. The molecule has 37 heavy (non-hydrogen) atoms. The van der Waals surface area contributed by atoms with Crippen LogP contribution in [0.15, 0.2) is 42.9 Å². The second-order valence-electron chi connectivity index (χ2n) is 9.38. The zero-order chi connectivity index (χ0) is 26.9. The fraction of sp³-hybridized carbons (Fsp3) is 0.385. The van der Waals surface area contributed by atoms with Crippen molar-refractivity contribution >= 4 is 29.6 Å². The van der Waals surface area contributed by atoms with Crippen molar-refractivity contribution < 1.29 is 14.4 Å². The van der Waals surface area contributed by atoms with Gasteiger partial charge in [-0.3, -0.25) is 24.4 Å². The Labute approximate surface area is 215 Å². The Kier molecular flexibility index (Phi) is 7.23. The number of amides is 4. The Bertz CT molecular complexity index is 1300. The summed E-state index contributed by atoms with van der Waals surface area (Å²) in [4.78, 5) is 55.5. The lowest BCUT2D eigenvalue weighted by Gasteiger charge is -2.45. The Hall–Kier alpha value is -4.28. The van der Waals surface area contributed by atoms with Gasteiger partial charge in [0.25, 0.3) is 5.91 Å². The lowest BCUT2D eigenvalue weighted by Crippen LogP contribution is -2.70. The smallest absolute Gasteiger partial charge is 0.325 e. The van der Waals surface area contributed by atoms with Gasteiger partial charge in [0, 0.05) is 44.1 Å². The number of nitrogens with one attached hydrogen (secondary N) is 1. The quantitative estimate of drug-likeness (QED) is 0.471. The van der Waals surface area contributed by atoms with Crippen LogP contribution in [-0.4, -0.2) is 55.4 Å². The highest BCUT2D eigenvalue weighted by Crippen LogP contribution is 2.33. The summed E-state index contributed by atoms with van der Waals surface area (Å²) >= 11 is 0. The molecule has 4 heterocycles. The van der Waals surface area contributed by atoms with Crippen LogP contribution in [0.1, 0.15) is 41.9 Å². The van der Waals surface area contributed by atoms with Gasteiger partial charge in [-0.2, -0.15) is 0 Å². The molecule has 4 amide bonds. The van der Waals surface area contributed by atoms with Crippen LogP contribution in [-0.2, 0) is 23.1 Å². The van der Waals surface area contributed by atoms with E-state index in [2.05, 4.69) is 20.3 Å². The van der Waals surface area contributed by atoms with Crippen LogP contribution >= 0.6 is 0 Å². The Morgan fingerprint density at radius 3 is 2.54 bits per heavy atom. The van der Waals surface area contributed by atoms with Crippen LogP contribution in [0.2, 0.25) is 0 Å². The number of carbonyl (C=O) groups is 3. The molecule has 1 aliphatic rings. The molecule has 3 N–H and O–H groups in total. The first kappa shape index (κ1) is 25.8. The number of hydrogen-bond donors (Lipinski definition) is 2. The van der Waals surface area contributed by atoms with E-state index in [1.54, 1.807) is 43.3 Å². The van der Waals surface area contributed by atoms with Crippen molar-refractivity contribution in [1.29, 1.82) is 0 Å². The number of aryl methyl sites for hydroxylation is 3. The zero-order valence-corrected chi connectivity index (χ0v) is 21.7. The average molecular weight is 505 g/mol. The first-order valence-electron chi connectivity index (χ1n) is 12.1. The molecule has 0 spiro atoms. The highest BCUT2D eigenvalue weighted by Gasteiger charge is 2.55. The summed E-state index contributed by atoms with van der Waals surface area (Å²) in [5, 5.41) is 2.91. The van der Waals surface area contributed by atoms with Crippen molar-refractivity contribution in [3.63, 3.8) is 0 Å². The topological polar surface area (TPSA) is 139 Å². The van der Waals surface area contributed by atoms with Gasteiger partial charge in [0.1, 0.15) is 11.9 Å². The number of carbonyl (C=O) groups excluding carboxylic acids is 3. The molecule has 1 saturated heterocycles. The van der Waals surface area contributed by atoms with Gasteiger partial charge in [0.2, 0.25) is 11.9 Å². The third-order valence-electron chi connectivity index (χ3n) is 6.64. The van der Waals surface area contributed by atoms with Crippen LogP contribution in [0, 0.1) is 19.8 Å². The number of nitrogens with two attached hydrogens (primary N) is 1. The maximum Gasteiger partial charge on any atom is 0.325 e. The van der Waals surface area contributed by atoms with Gasteiger partial charge in [-0.25, -0.2) is 14.8 Å². The number of β-lactam (4-membered cyclic amide) rings is 1. The number of nitrogen functional groups attached to an aromatic ring is 1. The van der Waals surface area contributed by atoms with Gasteiger partial charge < -0.3 is 15.6 Å². The van der Waals surface area contributed by atoms with Crippen LogP contribution in [0.4, 0.5) is 16.6 Å². The van der Waals surface area contributed by atoms with E-state index in [9.17, 15) is 14.4 Å². The summed E-state index contributed by atoms with van der Waals surface area (Å²) in [7, 11) is 3.35. The summed E-state index contributed by atoms with van der Waals surface area (Å²) < 4.78 is 1.70. The molecule has 11 heteroatoms. The number of likely N-dealkylation sites (N-methyl/N-ethyl adjacent to an activating group) is 1. The molecule has 0 saturated carbocycles. The Balaban J connectivity index is 1.61. The first-order valence-corrected chi connectivity index (χ1v) is 12.1. The minimum Gasteiger partial charge on any atom is -0.384 e. The van der Waals surface area contributed by atoms with Gasteiger partial charge in [-0.15, -0.1) is 0 Å². The number of pyridine rings is 2. The lowest BCUT2D eigenvalue weighted by molar-refractivity contribution is -0.156. The van der Waals surface area contributed by atoms with Crippen molar-refractivity contribution in [2.75, 3.05) is 17.7 Å². The number of aromatic nitrogens is 4. The normalized spacial score (nSPS) is 17.8. The zero-order valence-electron chi connectivity index (χ0n) is 21.7. The number of likely N-dealkylation sites (tertiary alicyclic amines) is 1. The fourth-order valence-electron chi connectivity index (χ4n) is 4.70. The number of anilines is 2. The molecule has 0 bridgehead atoms. The van der Waals surface area contributed by atoms with Crippen LogP contribution in [0.5, 0.6) is 0 Å². The van der Waals surface area contributed by atoms with Crippen molar-refractivity contribution in [2.45, 2.75) is 45.7 Å². The van der Waals surface area contributed by atoms with Gasteiger partial charge >= 0.3 is 6.03 Å². The van der Waals surface area contributed by atoms with Crippen LogP contribution in [0.3, 0.4) is 0 Å². The van der Waals surface area contributed by atoms with E-state index >= 15 is 0 Å². The third-order valence-corrected chi connectivity index (χ3v) is 6.64. The van der Waals surface area contributed by atoms with E-state index in [0.29, 0.717) is 23.9 Å². The third kappa shape index (κ3) is 5.16.